The molecule has 14 aromatic rings. The van der Waals surface area contributed by atoms with Gasteiger partial charge in [-0.25, -0.2) is 0 Å². The maximum atomic E-state index is 2.73. The number of hydrogen-bond acceptors (Lipinski definition) is 1. The SMILES string of the molecule is Cc1cc(C)c(B2c3cc(C(C)(C)C)ccc3N3c4ccc(C(C)(C)C)cc4B(c4c(C)cc(C)cc4C)c4cc(-c5c(-c6cccc7c6C6(c8ccccc8-c8ccccc86)c6ccccc6-7)cccc5-c5cccc6c5C5(c7ccccc7-c7ccccc75)c5ccccc5-6)cc2c43)c(C)c1. The monoisotopic (exact) mass is 1320 g/mol. The molecule has 4 aliphatic carbocycles. The first-order chi connectivity index (χ1) is 49.9. The number of nitrogens with zero attached hydrogens (tertiary/aromatic N) is 1. The van der Waals surface area contributed by atoms with Crippen molar-refractivity contribution < 1.29 is 0 Å². The van der Waals surface area contributed by atoms with Gasteiger partial charge in [-0.15, -0.1) is 0 Å². The highest BCUT2D eigenvalue weighted by Gasteiger charge is 2.56. The maximum absolute atomic E-state index is 2.73. The van der Waals surface area contributed by atoms with Crippen LogP contribution in [-0.2, 0) is 21.7 Å². The van der Waals surface area contributed by atoms with E-state index in [4.69, 9.17) is 0 Å². The Morgan fingerprint density at radius 3 is 0.854 bits per heavy atom. The fraction of sp³-hybridized carbons (Fsp3) is 0.160. The van der Waals surface area contributed by atoms with Gasteiger partial charge in [-0.3, -0.25) is 0 Å². The first-order valence-corrected chi connectivity index (χ1v) is 37.3. The van der Waals surface area contributed by atoms with Crippen LogP contribution in [0.4, 0.5) is 17.1 Å². The summed E-state index contributed by atoms with van der Waals surface area (Å²) in [5, 5.41) is 0. The predicted octanol–water partition coefficient (Wildman–Crippen LogP) is 20.9. The third-order valence-electron chi connectivity index (χ3n) is 24.9. The van der Waals surface area contributed by atoms with Gasteiger partial charge in [0.05, 0.1) is 10.8 Å². The molecule has 2 spiro atoms. The molecule has 0 atom stereocenters. The van der Waals surface area contributed by atoms with E-state index in [0.29, 0.717) is 0 Å². The molecule has 0 bridgehead atoms. The molecule has 2 aliphatic heterocycles. The van der Waals surface area contributed by atoms with Crippen molar-refractivity contribution in [2.75, 3.05) is 4.90 Å². The topological polar surface area (TPSA) is 3.24 Å². The summed E-state index contributed by atoms with van der Waals surface area (Å²) in [7, 11) is 0. The maximum Gasteiger partial charge on any atom is 0.247 e. The fourth-order valence-electron chi connectivity index (χ4n) is 21.1. The summed E-state index contributed by atoms with van der Waals surface area (Å²) in [6.45, 7) is 28.1. The summed E-state index contributed by atoms with van der Waals surface area (Å²) in [4.78, 5) is 2.73. The molecule has 1 nitrogen and oxygen atoms in total. The van der Waals surface area contributed by atoms with Crippen LogP contribution in [0.5, 0.6) is 0 Å². The van der Waals surface area contributed by atoms with Crippen LogP contribution in [0.15, 0.2) is 273 Å². The van der Waals surface area contributed by atoms with Crippen LogP contribution >= 0.6 is 0 Å². The van der Waals surface area contributed by atoms with Crippen molar-refractivity contribution in [1.82, 2.24) is 0 Å². The number of hydrogen-bond donors (Lipinski definition) is 0. The quantitative estimate of drug-likeness (QED) is 0.155. The Kier molecular flexibility index (Phi) is 13.1. The first-order valence-electron chi connectivity index (χ1n) is 37.3. The van der Waals surface area contributed by atoms with E-state index in [1.54, 1.807) is 0 Å². The Balaban J connectivity index is 0.988. The fourth-order valence-corrected chi connectivity index (χ4v) is 21.1. The van der Waals surface area contributed by atoms with Crippen molar-refractivity contribution in [1.29, 1.82) is 0 Å². The molecule has 103 heavy (non-hydrogen) atoms. The molecule has 6 aliphatic rings. The highest BCUT2D eigenvalue weighted by Crippen LogP contribution is 2.67. The number of rotatable bonds is 5. The zero-order valence-electron chi connectivity index (χ0n) is 61.1. The second-order valence-corrected chi connectivity index (χ2v) is 32.8. The lowest BCUT2D eigenvalue weighted by atomic mass is 9.29. The summed E-state index contributed by atoms with van der Waals surface area (Å²) in [6.07, 6.45) is 0. The molecule has 492 valence electrons. The zero-order chi connectivity index (χ0) is 70.1. The minimum atomic E-state index is -0.623. The predicted molar refractivity (Wildman–Crippen MR) is 438 cm³/mol. The van der Waals surface area contributed by atoms with Gasteiger partial charge < -0.3 is 4.90 Å². The van der Waals surface area contributed by atoms with E-state index in [1.807, 2.05) is 0 Å². The van der Waals surface area contributed by atoms with Crippen molar-refractivity contribution in [2.24, 2.45) is 0 Å². The molecule has 0 amide bonds. The van der Waals surface area contributed by atoms with E-state index in [0.717, 1.165) is 0 Å². The Morgan fingerprint density at radius 2 is 0.544 bits per heavy atom. The highest BCUT2D eigenvalue weighted by molar-refractivity contribution is 7.02. The molecular formula is C100H81B2N. The average Bonchev–Trinajstić information content (AvgIpc) is 1.56. The molecular weight excluding hydrogens is 1240 g/mol. The minimum absolute atomic E-state index is 0.119. The lowest BCUT2D eigenvalue weighted by molar-refractivity contribution is 0.590. The molecule has 0 radical (unpaired) electrons. The second kappa shape index (κ2) is 21.8. The lowest BCUT2D eigenvalue weighted by Crippen LogP contribution is -2.66. The highest BCUT2D eigenvalue weighted by atomic mass is 15.2. The zero-order valence-corrected chi connectivity index (χ0v) is 61.1. The number of anilines is 3. The summed E-state index contributed by atoms with van der Waals surface area (Å²) in [5.41, 5.74) is 49.4. The van der Waals surface area contributed by atoms with Crippen molar-refractivity contribution in [2.45, 2.75) is 105 Å². The lowest BCUT2D eigenvalue weighted by Gasteiger charge is -2.45. The van der Waals surface area contributed by atoms with E-state index in [-0.39, 0.29) is 24.3 Å². The summed E-state index contributed by atoms with van der Waals surface area (Å²) in [6, 6.07) is 108. The molecule has 0 fully saturated rings. The third kappa shape index (κ3) is 8.28. The van der Waals surface area contributed by atoms with Crippen LogP contribution in [0.2, 0.25) is 0 Å². The Labute approximate surface area is 608 Å². The molecule has 0 aromatic heterocycles. The third-order valence-corrected chi connectivity index (χ3v) is 24.9. The van der Waals surface area contributed by atoms with Gasteiger partial charge in [-0.1, -0.05) is 347 Å². The van der Waals surface area contributed by atoms with Gasteiger partial charge in [-0.2, -0.15) is 0 Å². The number of fused-ring (bicyclic) bond motifs is 24. The molecule has 14 aromatic carbocycles. The van der Waals surface area contributed by atoms with Gasteiger partial charge in [-0.05, 0) is 220 Å². The minimum Gasteiger partial charge on any atom is -0.313 e. The average molecular weight is 1320 g/mol. The normalized spacial score (nSPS) is 14.5. The van der Waals surface area contributed by atoms with Gasteiger partial charge in [0.25, 0.3) is 0 Å². The van der Waals surface area contributed by atoms with Gasteiger partial charge in [0, 0.05) is 17.1 Å². The summed E-state index contributed by atoms with van der Waals surface area (Å²) < 4.78 is 0. The van der Waals surface area contributed by atoms with Crippen LogP contribution in [0, 0.1) is 41.5 Å². The van der Waals surface area contributed by atoms with Crippen molar-refractivity contribution in [3.8, 4) is 77.9 Å². The van der Waals surface area contributed by atoms with Crippen LogP contribution in [0.3, 0.4) is 0 Å². The summed E-state index contributed by atoms with van der Waals surface area (Å²) >= 11 is 0. The largest absolute Gasteiger partial charge is 0.313 e. The van der Waals surface area contributed by atoms with Gasteiger partial charge in [0.15, 0.2) is 0 Å². The van der Waals surface area contributed by atoms with Crippen LogP contribution < -0.4 is 37.7 Å². The smallest absolute Gasteiger partial charge is 0.247 e. The van der Waals surface area contributed by atoms with E-state index >= 15 is 0 Å². The van der Waals surface area contributed by atoms with E-state index in [2.05, 4.69) is 361 Å². The molecule has 0 saturated carbocycles. The Bertz CT molecular complexity index is 5540. The van der Waals surface area contributed by atoms with Gasteiger partial charge in [0.2, 0.25) is 13.4 Å². The van der Waals surface area contributed by atoms with Gasteiger partial charge >= 0.3 is 0 Å². The van der Waals surface area contributed by atoms with Crippen molar-refractivity contribution >= 4 is 63.3 Å². The van der Waals surface area contributed by atoms with E-state index < -0.39 is 10.8 Å². The van der Waals surface area contributed by atoms with Gasteiger partial charge in [0.1, 0.15) is 0 Å². The molecule has 0 unspecified atom stereocenters. The molecule has 0 N–H and O–H groups in total. The Morgan fingerprint density at radius 1 is 0.272 bits per heavy atom. The molecule has 0 saturated heterocycles. The first kappa shape index (κ1) is 61.8. The standard InChI is InChI=1S/C100H81B2N/c1-58-50-60(3)94(61(4)51-58)101-85-56-65(97(7,8)9)46-48-89(85)103-90-49-47-66(98(10,11)12)57-86(90)102(95-62(5)52-59(2)53-63(95)6)88-55-64(54-87(101)96(88)103)91-73(77-38-26-36-75-71-32-17-23-44-83(71)99(92(75)77)79-40-19-13-28-67(79)68-29-14-20-41-80(68)99)34-25-35-74(91)78-39-27-37-76-72-33-18-24-45-84(72)100(93(76)78)81-42-21-15-30-69(81)70-31-16-22-43-82(70)100/h13-57H,1-12H3. The molecule has 20 rings (SSSR count). The van der Waals surface area contributed by atoms with Crippen molar-refractivity contribution in [3.63, 3.8) is 0 Å². The van der Waals surface area contributed by atoms with E-state index in [9.17, 15) is 0 Å². The number of benzene rings is 14. The van der Waals surface area contributed by atoms with Crippen LogP contribution in [0.25, 0.3) is 77.9 Å². The van der Waals surface area contributed by atoms with Crippen LogP contribution in [0.1, 0.15) is 131 Å². The summed E-state index contributed by atoms with van der Waals surface area (Å²) in [5.74, 6) is 0. The Hall–Kier alpha value is -11.0. The second-order valence-electron chi connectivity index (χ2n) is 32.8. The van der Waals surface area contributed by atoms with E-state index in [1.165, 1.54) is 217 Å². The number of aryl methyl sites for hydroxylation is 6. The van der Waals surface area contributed by atoms with Crippen LogP contribution in [-0.4, -0.2) is 13.4 Å². The molecule has 2 heterocycles. The van der Waals surface area contributed by atoms with Crippen molar-refractivity contribution in [3.05, 3.63) is 362 Å². The molecule has 3 heteroatoms.